The maximum atomic E-state index is 12.8. The van der Waals surface area contributed by atoms with Gasteiger partial charge in [0.05, 0.1) is 12.1 Å². The van der Waals surface area contributed by atoms with Crippen LogP contribution < -0.4 is 0 Å². The van der Waals surface area contributed by atoms with Crippen molar-refractivity contribution in [2.45, 2.75) is 45.6 Å². The van der Waals surface area contributed by atoms with Crippen LogP contribution in [-0.2, 0) is 22.6 Å². The minimum absolute atomic E-state index is 0.137. The number of piperidine rings is 1. The van der Waals surface area contributed by atoms with Crippen molar-refractivity contribution in [3.8, 4) is 0 Å². The lowest BCUT2D eigenvalue weighted by Crippen LogP contribution is -2.40. The SMILES string of the molecule is Cc1ccc(C)c(CC(=O)N2CCC[C@@H](c3ccn(CC(=O)O)n3)C2)c1. The smallest absolute Gasteiger partial charge is 0.325 e. The number of carbonyl (C=O) groups excluding carboxylic acids is 1. The normalized spacial score (nSPS) is 17.3. The number of carboxylic acids is 1. The molecule has 0 spiro atoms. The highest BCUT2D eigenvalue weighted by Gasteiger charge is 2.26. The molecule has 1 N–H and O–H groups in total. The minimum atomic E-state index is -0.909. The van der Waals surface area contributed by atoms with E-state index in [1.807, 2.05) is 24.8 Å². The van der Waals surface area contributed by atoms with Crippen molar-refractivity contribution in [2.24, 2.45) is 0 Å². The van der Waals surface area contributed by atoms with Crippen molar-refractivity contribution in [3.05, 3.63) is 52.8 Å². The van der Waals surface area contributed by atoms with Gasteiger partial charge in [-0.2, -0.15) is 5.10 Å². The number of hydrogen-bond acceptors (Lipinski definition) is 3. The quantitative estimate of drug-likeness (QED) is 0.894. The van der Waals surface area contributed by atoms with E-state index in [9.17, 15) is 9.59 Å². The predicted octanol–water partition coefficient (Wildman–Crippen LogP) is 2.53. The van der Waals surface area contributed by atoms with Gasteiger partial charge in [-0.3, -0.25) is 14.3 Å². The molecule has 1 atom stereocenters. The summed E-state index contributed by atoms with van der Waals surface area (Å²) in [6.07, 6.45) is 4.03. The van der Waals surface area contributed by atoms with Crippen LogP contribution in [0.25, 0.3) is 0 Å². The van der Waals surface area contributed by atoms with E-state index in [2.05, 4.69) is 23.3 Å². The van der Waals surface area contributed by atoms with E-state index >= 15 is 0 Å². The first-order valence-electron chi connectivity index (χ1n) is 9.01. The Morgan fingerprint density at radius 2 is 2.08 bits per heavy atom. The zero-order valence-electron chi connectivity index (χ0n) is 15.3. The summed E-state index contributed by atoms with van der Waals surface area (Å²) in [6.45, 7) is 5.36. The molecule has 0 unspecified atom stereocenters. The summed E-state index contributed by atoms with van der Waals surface area (Å²) in [5.41, 5.74) is 4.27. The average molecular weight is 355 g/mol. The summed E-state index contributed by atoms with van der Waals surface area (Å²) >= 11 is 0. The molecule has 0 aliphatic carbocycles. The number of hydrogen-bond donors (Lipinski definition) is 1. The van der Waals surface area contributed by atoms with E-state index in [0.29, 0.717) is 13.0 Å². The molecule has 1 aromatic carbocycles. The molecule has 6 nitrogen and oxygen atoms in total. The van der Waals surface area contributed by atoms with Gasteiger partial charge in [-0.1, -0.05) is 23.8 Å². The van der Waals surface area contributed by atoms with Crippen LogP contribution in [0.3, 0.4) is 0 Å². The molecule has 1 saturated heterocycles. The number of nitrogens with zero attached hydrogens (tertiary/aromatic N) is 3. The molecule has 1 aliphatic heterocycles. The van der Waals surface area contributed by atoms with Crippen molar-refractivity contribution in [3.63, 3.8) is 0 Å². The molecule has 2 heterocycles. The summed E-state index contributed by atoms with van der Waals surface area (Å²) in [6, 6.07) is 8.08. The Hall–Kier alpha value is -2.63. The number of carboxylic acid groups (broad SMARTS) is 1. The number of aliphatic carboxylic acids is 1. The molecule has 1 aliphatic rings. The Kier molecular flexibility index (Phi) is 5.40. The van der Waals surface area contributed by atoms with Gasteiger partial charge in [0.25, 0.3) is 0 Å². The molecule has 2 aromatic rings. The second-order valence-electron chi connectivity index (χ2n) is 7.12. The van der Waals surface area contributed by atoms with Gasteiger partial charge in [0.2, 0.25) is 5.91 Å². The molecule has 1 aromatic heterocycles. The van der Waals surface area contributed by atoms with Crippen LogP contribution in [0.4, 0.5) is 0 Å². The van der Waals surface area contributed by atoms with Gasteiger partial charge in [0.1, 0.15) is 6.54 Å². The van der Waals surface area contributed by atoms with Gasteiger partial charge in [-0.05, 0) is 43.9 Å². The third kappa shape index (κ3) is 4.31. The van der Waals surface area contributed by atoms with Crippen LogP contribution in [0.5, 0.6) is 0 Å². The topological polar surface area (TPSA) is 75.4 Å². The molecular formula is C20H25N3O3. The molecule has 138 valence electrons. The molecule has 6 heteroatoms. The maximum Gasteiger partial charge on any atom is 0.325 e. The highest BCUT2D eigenvalue weighted by Crippen LogP contribution is 2.26. The molecule has 26 heavy (non-hydrogen) atoms. The average Bonchev–Trinajstić information content (AvgIpc) is 3.06. The van der Waals surface area contributed by atoms with Crippen LogP contribution in [0.1, 0.15) is 41.1 Å². The predicted molar refractivity (Wildman–Crippen MR) is 98.0 cm³/mol. The first-order valence-corrected chi connectivity index (χ1v) is 9.01. The number of benzene rings is 1. The van der Waals surface area contributed by atoms with E-state index in [0.717, 1.165) is 36.2 Å². The van der Waals surface area contributed by atoms with Gasteiger partial charge in [-0.25, -0.2) is 0 Å². The van der Waals surface area contributed by atoms with Crippen LogP contribution in [0.2, 0.25) is 0 Å². The van der Waals surface area contributed by atoms with E-state index < -0.39 is 5.97 Å². The van der Waals surface area contributed by atoms with Crippen molar-refractivity contribution in [1.82, 2.24) is 14.7 Å². The highest BCUT2D eigenvalue weighted by atomic mass is 16.4. The third-order valence-corrected chi connectivity index (χ3v) is 5.00. The molecule has 1 fully saturated rings. The second kappa shape index (κ2) is 7.72. The van der Waals surface area contributed by atoms with Crippen molar-refractivity contribution in [2.75, 3.05) is 13.1 Å². The first-order chi connectivity index (χ1) is 12.4. The Bertz CT molecular complexity index is 812. The number of carbonyl (C=O) groups is 2. The summed E-state index contributed by atoms with van der Waals surface area (Å²) in [7, 11) is 0. The first kappa shape index (κ1) is 18.2. The van der Waals surface area contributed by atoms with E-state index in [1.165, 1.54) is 10.2 Å². The zero-order chi connectivity index (χ0) is 18.7. The highest BCUT2D eigenvalue weighted by molar-refractivity contribution is 5.79. The number of aromatic nitrogens is 2. The Labute approximate surface area is 153 Å². The second-order valence-corrected chi connectivity index (χ2v) is 7.12. The Morgan fingerprint density at radius 1 is 1.27 bits per heavy atom. The van der Waals surface area contributed by atoms with Gasteiger partial charge in [0.15, 0.2) is 0 Å². The van der Waals surface area contributed by atoms with Gasteiger partial charge in [0, 0.05) is 25.2 Å². The monoisotopic (exact) mass is 355 g/mol. The molecule has 0 bridgehead atoms. The van der Waals surface area contributed by atoms with Crippen LogP contribution in [0, 0.1) is 13.8 Å². The standard InChI is InChI=1S/C20H25N3O3/c1-14-5-6-15(2)17(10-14)11-19(24)22-8-3-4-16(12-22)18-7-9-23(21-18)13-20(25)26/h5-7,9-10,16H,3-4,8,11-13H2,1-2H3,(H,25,26)/t16-/m1/s1. The van der Waals surface area contributed by atoms with Crippen LogP contribution in [0.15, 0.2) is 30.5 Å². The number of likely N-dealkylation sites (tertiary alicyclic amines) is 1. The number of rotatable bonds is 5. The lowest BCUT2D eigenvalue weighted by molar-refractivity contribution is -0.138. The lowest BCUT2D eigenvalue weighted by atomic mass is 9.94. The van der Waals surface area contributed by atoms with Gasteiger partial charge < -0.3 is 10.0 Å². The fraction of sp³-hybridized carbons (Fsp3) is 0.450. The third-order valence-electron chi connectivity index (χ3n) is 5.00. The molecular weight excluding hydrogens is 330 g/mol. The Balaban J connectivity index is 1.66. The van der Waals surface area contributed by atoms with E-state index in [1.54, 1.807) is 6.20 Å². The van der Waals surface area contributed by atoms with E-state index in [-0.39, 0.29) is 18.4 Å². The summed E-state index contributed by atoms with van der Waals surface area (Å²) in [5.74, 6) is -0.594. The van der Waals surface area contributed by atoms with E-state index in [4.69, 9.17) is 5.11 Å². The summed E-state index contributed by atoms with van der Waals surface area (Å²) in [5, 5.41) is 13.2. The van der Waals surface area contributed by atoms with Crippen molar-refractivity contribution >= 4 is 11.9 Å². The molecule has 1 amide bonds. The number of amides is 1. The summed E-state index contributed by atoms with van der Waals surface area (Å²) in [4.78, 5) is 25.5. The van der Waals surface area contributed by atoms with Gasteiger partial charge in [-0.15, -0.1) is 0 Å². The molecule has 3 rings (SSSR count). The molecule has 0 radical (unpaired) electrons. The fourth-order valence-corrected chi connectivity index (χ4v) is 3.53. The largest absolute Gasteiger partial charge is 0.480 e. The van der Waals surface area contributed by atoms with Crippen molar-refractivity contribution in [1.29, 1.82) is 0 Å². The number of aryl methyl sites for hydroxylation is 2. The Morgan fingerprint density at radius 3 is 2.85 bits per heavy atom. The van der Waals surface area contributed by atoms with Crippen molar-refractivity contribution < 1.29 is 14.7 Å². The van der Waals surface area contributed by atoms with Crippen LogP contribution in [-0.4, -0.2) is 44.8 Å². The van der Waals surface area contributed by atoms with Crippen LogP contribution >= 0.6 is 0 Å². The maximum absolute atomic E-state index is 12.8. The fourth-order valence-electron chi connectivity index (χ4n) is 3.53. The lowest BCUT2D eigenvalue weighted by Gasteiger charge is -2.32. The zero-order valence-corrected chi connectivity index (χ0v) is 15.3. The minimum Gasteiger partial charge on any atom is -0.480 e. The van der Waals surface area contributed by atoms with Gasteiger partial charge >= 0.3 is 5.97 Å². The molecule has 0 saturated carbocycles. The summed E-state index contributed by atoms with van der Waals surface area (Å²) < 4.78 is 1.44.